The Morgan fingerprint density at radius 3 is 2.62 bits per heavy atom. The second-order valence-corrected chi connectivity index (χ2v) is 2.36. The Balaban J connectivity index is 4.45. The number of oxime groups is 1. The van der Waals surface area contributed by atoms with Gasteiger partial charge in [0.05, 0.1) is 19.2 Å². The average molecular weight is 190 g/mol. The predicted molar refractivity (Wildman–Crippen MR) is 42.3 cm³/mol. The van der Waals surface area contributed by atoms with E-state index in [4.69, 9.17) is 5.21 Å². The number of hydrogen-bond donors (Lipinski definition) is 1. The highest BCUT2D eigenvalue weighted by Crippen LogP contribution is 2.01. The van der Waals surface area contributed by atoms with Crippen molar-refractivity contribution in [2.24, 2.45) is 5.16 Å². The van der Waals surface area contributed by atoms with Gasteiger partial charge in [-0.05, 0) is 6.92 Å². The highest BCUT2D eigenvalue weighted by molar-refractivity contribution is 5.87. The summed E-state index contributed by atoms with van der Waals surface area (Å²) in [6.45, 7) is 1.37. The smallest absolute Gasteiger partial charge is 0.381 e. The number of carbonyl (C=O) groups is 1. The topological polar surface area (TPSA) is 102 Å². The van der Waals surface area contributed by atoms with Gasteiger partial charge < -0.3 is 9.94 Å². The molecule has 0 fully saturated rings. The van der Waals surface area contributed by atoms with Crippen LogP contribution in [0.15, 0.2) is 5.16 Å². The molecule has 0 spiro atoms. The van der Waals surface area contributed by atoms with Crippen molar-refractivity contribution in [3.8, 4) is 0 Å². The zero-order valence-corrected chi connectivity index (χ0v) is 7.26. The number of ether oxygens (including phenoxy) is 1. The van der Waals surface area contributed by atoms with Gasteiger partial charge in [-0.25, -0.2) is 4.79 Å². The molecule has 0 aromatic heterocycles. The monoisotopic (exact) mass is 190 g/mol. The summed E-state index contributed by atoms with van der Waals surface area (Å²) < 4.78 is 4.20. The van der Waals surface area contributed by atoms with Crippen molar-refractivity contribution in [1.29, 1.82) is 0 Å². The van der Waals surface area contributed by atoms with E-state index in [9.17, 15) is 14.9 Å². The number of nitro groups is 1. The van der Waals surface area contributed by atoms with Crippen molar-refractivity contribution >= 4 is 11.7 Å². The minimum Gasteiger partial charge on any atom is -0.464 e. The first kappa shape index (κ1) is 11.3. The molecule has 0 saturated carbocycles. The highest BCUT2D eigenvalue weighted by atomic mass is 16.6. The molecule has 0 bridgehead atoms. The average Bonchev–Trinajstić information content (AvgIpc) is 2.11. The van der Waals surface area contributed by atoms with Crippen molar-refractivity contribution in [2.45, 2.75) is 19.4 Å². The fraction of sp³-hybridized carbons (Fsp3) is 0.667. The Kier molecular flexibility index (Phi) is 4.42. The zero-order valence-electron chi connectivity index (χ0n) is 7.26. The molecule has 0 radical (unpaired) electrons. The third-order valence-electron chi connectivity index (χ3n) is 1.39. The molecule has 0 aliphatic heterocycles. The standard InChI is InChI=1S/C6H10N2O5/c1-4(7-10)3-5(8(11)12)6(9)13-2/h5,10H,3H2,1-2H3/b7-4+. The summed E-state index contributed by atoms with van der Waals surface area (Å²) >= 11 is 0. The van der Waals surface area contributed by atoms with Gasteiger partial charge in [0.1, 0.15) is 0 Å². The number of rotatable bonds is 4. The van der Waals surface area contributed by atoms with Crippen molar-refractivity contribution in [2.75, 3.05) is 7.11 Å². The molecular formula is C6H10N2O5. The molecule has 1 unspecified atom stereocenters. The van der Waals surface area contributed by atoms with E-state index in [0.29, 0.717) is 0 Å². The van der Waals surface area contributed by atoms with Crippen LogP contribution in [0.4, 0.5) is 0 Å². The lowest BCUT2D eigenvalue weighted by Crippen LogP contribution is -2.32. The number of esters is 1. The molecule has 0 aliphatic carbocycles. The van der Waals surface area contributed by atoms with Gasteiger partial charge in [0.25, 0.3) is 0 Å². The molecule has 1 atom stereocenters. The minimum absolute atomic E-state index is 0.104. The molecule has 0 aromatic carbocycles. The van der Waals surface area contributed by atoms with Gasteiger partial charge >= 0.3 is 12.0 Å². The van der Waals surface area contributed by atoms with E-state index in [1.165, 1.54) is 6.92 Å². The molecule has 0 rings (SSSR count). The van der Waals surface area contributed by atoms with Gasteiger partial charge in [0, 0.05) is 4.92 Å². The number of methoxy groups -OCH3 is 1. The molecule has 0 amide bonds. The van der Waals surface area contributed by atoms with Crippen LogP contribution in [0, 0.1) is 10.1 Å². The summed E-state index contributed by atoms with van der Waals surface area (Å²) in [6.07, 6.45) is -0.254. The van der Waals surface area contributed by atoms with E-state index >= 15 is 0 Å². The second kappa shape index (κ2) is 5.07. The normalized spacial score (nSPS) is 13.5. The first-order valence-electron chi connectivity index (χ1n) is 3.41. The van der Waals surface area contributed by atoms with Crippen molar-refractivity contribution in [1.82, 2.24) is 0 Å². The third kappa shape index (κ3) is 3.50. The summed E-state index contributed by atoms with van der Waals surface area (Å²) in [5, 5.41) is 21.3. The summed E-state index contributed by atoms with van der Waals surface area (Å²) in [4.78, 5) is 20.3. The Morgan fingerprint density at radius 1 is 1.77 bits per heavy atom. The maximum Gasteiger partial charge on any atom is 0.381 e. The molecule has 1 N–H and O–H groups in total. The zero-order chi connectivity index (χ0) is 10.4. The molecule has 74 valence electrons. The number of carbonyl (C=O) groups excluding carboxylic acids is 1. The second-order valence-electron chi connectivity index (χ2n) is 2.36. The van der Waals surface area contributed by atoms with Crippen LogP contribution < -0.4 is 0 Å². The first-order chi connectivity index (χ1) is 6.02. The third-order valence-corrected chi connectivity index (χ3v) is 1.39. The molecule has 13 heavy (non-hydrogen) atoms. The van der Waals surface area contributed by atoms with E-state index in [1.807, 2.05) is 0 Å². The quantitative estimate of drug-likeness (QED) is 0.222. The van der Waals surface area contributed by atoms with Crippen LogP contribution in [0.5, 0.6) is 0 Å². The van der Waals surface area contributed by atoms with Crippen LogP contribution in [0.25, 0.3) is 0 Å². The SMILES string of the molecule is COC(=O)C(C/C(C)=N/O)[N+](=O)[O-]. The predicted octanol–water partition coefficient (Wildman–Crippen LogP) is 0.0449. The molecule has 0 aromatic rings. The summed E-state index contributed by atoms with van der Waals surface area (Å²) in [5.74, 6) is -0.951. The van der Waals surface area contributed by atoms with Crippen LogP contribution in [0.3, 0.4) is 0 Å². The first-order valence-corrected chi connectivity index (χ1v) is 3.41. The lowest BCUT2D eigenvalue weighted by atomic mass is 10.1. The van der Waals surface area contributed by atoms with Crippen molar-refractivity contribution in [3.63, 3.8) is 0 Å². The number of nitrogens with zero attached hydrogens (tertiary/aromatic N) is 2. The fourth-order valence-corrected chi connectivity index (χ4v) is 0.701. The molecular weight excluding hydrogens is 180 g/mol. The maximum atomic E-state index is 10.8. The maximum absolute atomic E-state index is 10.8. The Bertz CT molecular complexity index is 237. The molecule has 7 nitrogen and oxygen atoms in total. The van der Waals surface area contributed by atoms with Crippen LogP contribution in [-0.4, -0.2) is 35.0 Å². The van der Waals surface area contributed by atoms with Crippen molar-refractivity contribution < 1.29 is 19.7 Å². The highest BCUT2D eigenvalue weighted by Gasteiger charge is 2.31. The van der Waals surface area contributed by atoms with Gasteiger partial charge in [-0.2, -0.15) is 0 Å². The molecule has 0 heterocycles. The summed E-state index contributed by atoms with van der Waals surface area (Å²) in [6, 6.07) is -1.50. The van der Waals surface area contributed by atoms with Crippen LogP contribution >= 0.6 is 0 Å². The Morgan fingerprint density at radius 2 is 2.31 bits per heavy atom. The minimum atomic E-state index is -1.50. The van der Waals surface area contributed by atoms with E-state index in [1.54, 1.807) is 0 Å². The summed E-state index contributed by atoms with van der Waals surface area (Å²) in [7, 11) is 1.06. The fourth-order valence-electron chi connectivity index (χ4n) is 0.701. The summed E-state index contributed by atoms with van der Waals surface area (Å²) in [5.41, 5.74) is 0.104. The van der Waals surface area contributed by atoms with Gasteiger partial charge in [-0.1, -0.05) is 5.16 Å². The lowest BCUT2D eigenvalue weighted by molar-refractivity contribution is -0.508. The largest absolute Gasteiger partial charge is 0.464 e. The lowest BCUT2D eigenvalue weighted by Gasteiger charge is -2.05. The van der Waals surface area contributed by atoms with Crippen LogP contribution in [0.2, 0.25) is 0 Å². The molecule has 0 saturated heterocycles. The van der Waals surface area contributed by atoms with E-state index < -0.39 is 16.9 Å². The van der Waals surface area contributed by atoms with E-state index in [0.717, 1.165) is 7.11 Å². The van der Waals surface area contributed by atoms with Gasteiger partial charge in [0.15, 0.2) is 0 Å². The Hall–Kier alpha value is -1.66. The van der Waals surface area contributed by atoms with Gasteiger partial charge in [-0.15, -0.1) is 0 Å². The van der Waals surface area contributed by atoms with Crippen LogP contribution in [-0.2, 0) is 9.53 Å². The molecule has 0 aliphatic rings. The van der Waals surface area contributed by atoms with E-state index in [2.05, 4.69) is 9.89 Å². The van der Waals surface area contributed by atoms with E-state index in [-0.39, 0.29) is 12.1 Å². The van der Waals surface area contributed by atoms with Gasteiger partial charge in [-0.3, -0.25) is 10.1 Å². The number of hydrogen-bond acceptors (Lipinski definition) is 6. The van der Waals surface area contributed by atoms with Crippen molar-refractivity contribution in [3.05, 3.63) is 10.1 Å². The van der Waals surface area contributed by atoms with Crippen LogP contribution in [0.1, 0.15) is 13.3 Å². The molecule has 7 heteroatoms. The van der Waals surface area contributed by atoms with Gasteiger partial charge in [0.2, 0.25) is 0 Å². The Labute approximate surface area is 74.1 Å².